The molecule has 4 N–H and O–H groups in total. The van der Waals surface area contributed by atoms with Crippen LogP contribution in [0.25, 0.3) is 0 Å². The van der Waals surface area contributed by atoms with Gasteiger partial charge in [0.25, 0.3) is 5.56 Å². The van der Waals surface area contributed by atoms with Crippen molar-refractivity contribution in [2.45, 2.75) is 6.18 Å². The van der Waals surface area contributed by atoms with Gasteiger partial charge >= 0.3 is 6.18 Å². The fourth-order valence-electron chi connectivity index (χ4n) is 1.47. The number of aromatic amines is 1. The van der Waals surface area contributed by atoms with Gasteiger partial charge in [0.15, 0.2) is 5.69 Å². The lowest BCUT2D eigenvalue weighted by Crippen LogP contribution is -2.23. The van der Waals surface area contributed by atoms with Crippen molar-refractivity contribution in [1.82, 2.24) is 9.97 Å². The van der Waals surface area contributed by atoms with Crippen molar-refractivity contribution in [3.05, 3.63) is 49.9 Å². The average Bonchev–Trinajstić information content (AvgIpc) is 2.39. The molecular formula is C12H9F3IN5O. The van der Waals surface area contributed by atoms with E-state index in [-0.39, 0.29) is 5.96 Å². The van der Waals surface area contributed by atoms with E-state index >= 15 is 0 Å². The van der Waals surface area contributed by atoms with Crippen molar-refractivity contribution in [3.8, 4) is 0 Å². The van der Waals surface area contributed by atoms with Crippen LogP contribution in [0, 0.1) is 3.57 Å². The maximum atomic E-state index is 12.6. The first kappa shape index (κ1) is 16.3. The number of guanidine groups is 1. The quantitative estimate of drug-likeness (QED) is 0.393. The Morgan fingerprint density at radius 1 is 1.32 bits per heavy atom. The van der Waals surface area contributed by atoms with Crippen LogP contribution in [0.5, 0.6) is 0 Å². The van der Waals surface area contributed by atoms with E-state index in [4.69, 9.17) is 5.73 Å². The molecule has 0 amide bonds. The topological polar surface area (TPSA) is 96.2 Å². The molecule has 0 saturated carbocycles. The fourth-order valence-corrected chi connectivity index (χ4v) is 1.83. The number of anilines is 1. The molecule has 6 nitrogen and oxygen atoms in total. The lowest BCUT2D eigenvalue weighted by atomic mass is 10.3. The third kappa shape index (κ3) is 4.44. The summed E-state index contributed by atoms with van der Waals surface area (Å²) in [6, 6.07) is 7.39. The molecule has 1 aromatic carbocycles. The van der Waals surface area contributed by atoms with Crippen LogP contribution in [0.1, 0.15) is 5.69 Å². The zero-order valence-electron chi connectivity index (χ0n) is 10.8. The van der Waals surface area contributed by atoms with Gasteiger partial charge in [-0.2, -0.15) is 18.2 Å². The molecule has 0 bridgehead atoms. The number of nitrogens with one attached hydrogen (secondary N) is 2. The molecule has 0 unspecified atom stereocenters. The molecule has 0 aliphatic heterocycles. The number of nitrogens with two attached hydrogens (primary N) is 1. The van der Waals surface area contributed by atoms with E-state index in [2.05, 4.69) is 42.9 Å². The van der Waals surface area contributed by atoms with Gasteiger partial charge in [-0.3, -0.25) is 9.78 Å². The summed E-state index contributed by atoms with van der Waals surface area (Å²) >= 11 is 2.12. The smallest absolute Gasteiger partial charge is 0.369 e. The van der Waals surface area contributed by atoms with Gasteiger partial charge < -0.3 is 11.1 Å². The number of halogens is 4. The molecule has 1 aromatic heterocycles. The fraction of sp³-hybridized carbons (Fsp3) is 0.0833. The van der Waals surface area contributed by atoms with Crippen LogP contribution in [0.4, 0.5) is 24.8 Å². The van der Waals surface area contributed by atoms with Crippen molar-refractivity contribution in [2.24, 2.45) is 10.7 Å². The Morgan fingerprint density at radius 2 is 1.95 bits per heavy atom. The molecule has 0 radical (unpaired) electrons. The van der Waals surface area contributed by atoms with E-state index in [9.17, 15) is 18.0 Å². The number of benzene rings is 1. The van der Waals surface area contributed by atoms with Crippen LogP contribution in [-0.4, -0.2) is 15.9 Å². The van der Waals surface area contributed by atoms with Crippen LogP contribution < -0.4 is 16.6 Å². The molecular weight excluding hydrogens is 414 g/mol. The highest BCUT2D eigenvalue weighted by Crippen LogP contribution is 2.27. The maximum absolute atomic E-state index is 12.6. The summed E-state index contributed by atoms with van der Waals surface area (Å²) in [7, 11) is 0. The van der Waals surface area contributed by atoms with Gasteiger partial charge in [-0.25, -0.2) is 4.98 Å². The predicted octanol–water partition coefficient (Wildman–Crippen LogP) is 2.45. The Labute approximate surface area is 135 Å². The van der Waals surface area contributed by atoms with E-state index in [1.54, 1.807) is 24.3 Å². The molecule has 2 aromatic rings. The number of alkyl halides is 3. The summed E-state index contributed by atoms with van der Waals surface area (Å²) in [4.78, 5) is 20.1. The number of hydrogen-bond acceptors (Lipinski definition) is 3. The Hall–Kier alpha value is -2.11. The van der Waals surface area contributed by atoms with Gasteiger partial charge in [-0.05, 0) is 46.9 Å². The molecule has 0 atom stereocenters. The van der Waals surface area contributed by atoms with E-state index < -0.39 is 23.4 Å². The summed E-state index contributed by atoms with van der Waals surface area (Å²) in [6.45, 7) is 0. The number of aromatic nitrogens is 2. The number of hydrogen-bond donors (Lipinski definition) is 3. The number of rotatable bonds is 2. The summed E-state index contributed by atoms with van der Waals surface area (Å²) in [5.74, 6) is -0.737. The highest BCUT2D eigenvalue weighted by atomic mass is 127. The number of H-pyrrole nitrogens is 1. The second kappa shape index (κ2) is 6.34. The SMILES string of the molecule is NC(=Nc1nc(C(F)(F)F)cc(=O)[nH]1)Nc1ccc(I)cc1. The summed E-state index contributed by atoms with van der Waals surface area (Å²) in [5.41, 5.74) is 3.87. The molecule has 0 aliphatic rings. The highest BCUT2D eigenvalue weighted by Gasteiger charge is 2.33. The Morgan fingerprint density at radius 3 is 2.55 bits per heavy atom. The summed E-state index contributed by atoms with van der Waals surface area (Å²) in [6.07, 6.45) is -4.74. The number of aliphatic imine (C=N–C) groups is 1. The van der Waals surface area contributed by atoms with Crippen LogP contribution in [0.2, 0.25) is 0 Å². The maximum Gasteiger partial charge on any atom is 0.433 e. The standard InChI is InChI=1S/C12H9F3IN5O/c13-12(14,15)8-5-9(22)20-11(19-8)21-10(17)18-7-3-1-6(16)2-4-7/h1-5H,(H4,17,18,19,20,21,22). The van der Waals surface area contributed by atoms with Crippen molar-refractivity contribution in [2.75, 3.05) is 5.32 Å². The third-order valence-corrected chi connectivity index (χ3v) is 3.08. The van der Waals surface area contributed by atoms with Crippen molar-refractivity contribution in [3.63, 3.8) is 0 Å². The van der Waals surface area contributed by atoms with Crippen LogP contribution in [0.3, 0.4) is 0 Å². The minimum Gasteiger partial charge on any atom is -0.369 e. The molecule has 22 heavy (non-hydrogen) atoms. The first-order valence-electron chi connectivity index (χ1n) is 5.79. The van der Waals surface area contributed by atoms with Gasteiger partial charge in [0.05, 0.1) is 0 Å². The molecule has 0 fully saturated rings. The first-order valence-corrected chi connectivity index (χ1v) is 6.87. The van der Waals surface area contributed by atoms with Crippen molar-refractivity contribution >= 4 is 40.2 Å². The molecule has 2 rings (SSSR count). The first-order chi connectivity index (χ1) is 10.2. The molecule has 0 aliphatic carbocycles. The van der Waals surface area contributed by atoms with Gasteiger partial charge in [0.1, 0.15) is 0 Å². The molecule has 10 heteroatoms. The Kier molecular flexibility index (Phi) is 4.68. The summed E-state index contributed by atoms with van der Waals surface area (Å²) < 4.78 is 38.7. The normalized spacial score (nSPS) is 12.3. The molecule has 116 valence electrons. The summed E-state index contributed by atoms with van der Waals surface area (Å²) in [5, 5.41) is 2.68. The predicted molar refractivity (Wildman–Crippen MR) is 83.9 cm³/mol. The minimum absolute atomic E-state index is 0.205. The Balaban J connectivity index is 2.26. The highest BCUT2D eigenvalue weighted by molar-refractivity contribution is 14.1. The van der Waals surface area contributed by atoms with Gasteiger partial charge in [-0.1, -0.05) is 0 Å². The van der Waals surface area contributed by atoms with Crippen LogP contribution in [0.15, 0.2) is 40.1 Å². The second-order valence-corrected chi connectivity index (χ2v) is 5.33. The van der Waals surface area contributed by atoms with Crippen LogP contribution in [-0.2, 0) is 6.18 Å². The van der Waals surface area contributed by atoms with Crippen LogP contribution >= 0.6 is 22.6 Å². The minimum atomic E-state index is -4.74. The third-order valence-electron chi connectivity index (χ3n) is 2.36. The van der Waals surface area contributed by atoms with Gasteiger partial charge in [0, 0.05) is 15.3 Å². The van der Waals surface area contributed by atoms with E-state index in [0.717, 1.165) is 3.57 Å². The van der Waals surface area contributed by atoms with Crippen molar-refractivity contribution < 1.29 is 13.2 Å². The monoisotopic (exact) mass is 423 g/mol. The molecule has 0 spiro atoms. The van der Waals surface area contributed by atoms with E-state index in [1.807, 2.05) is 0 Å². The molecule has 0 saturated heterocycles. The van der Waals surface area contributed by atoms with Crippen molar-refractivity contribution in [1.29, 1.82) is 0 Å². The zero-order chi connectivity index (χ0) is 16.3. The zero-order valence-corrected chi connectivity index (χ0v) is 12.9. The number of nitrogens with zero attached hydrogens (tertiary/aromatic N) is 2. The second-order valence-electron chi connectivity index (χ2n) is 4.08. The Bertz CT molecular complexity index is 755. The molecule has 1 heterocycles. The van der Waals surface area contributed by atoms with Gasteiger partial charge in [-0.15, -0.1) is 0 Å². The average molecular weight is 423 g/mol. The lowest BCUT2D eigenvalue weighted by molar-refractivity contribution is -0.141. The largest absolute Gasteiger partial charge is 0.433 e. The van der Waals surface area contributed by atoms with Gasteiger partial charge in [0.2, 0.25) is 11.9 Å². The van der Waals surface area contributed by atoms with E-state index in [1.165, 1.54) is 0 Å². The van der Waals surface area contributed by atoms with E-state index in [0.29, 0.717) is 11.8 Å². The lowest BCUT2D eigenvalue weighted by Gasteiger charge is -2.07.